The zero-order chi connectivity index (χ0) is 14.0. The minimum absolute atomic E-state index is 0.245. The van der Waals surface area contributed by atoms with Gasteiger partial charge in [-0.25, -0.2) is 0 Å². The molecule has 0 amide bonds. The highest BCUT2D eigenvalue weighted by atomic mass is 79.9. The van der Waals surface area contributed by atoms with Gasteiger partial charge >= 0.3 is 0 Å². The van der Waals surface area contributed by atoms with Crippen molar-refractivity contribution in [2.45, 2.75) is 12.0 Å². The zero-order valence-corrected chi connectivity index (χ0v) is 12.8. The summed E-state index contributed by atoms with van der Waals surface area (Å²) in [5.74, 6) is 0. The van der Waals surface area contributed by atoms with Gasteiger partial charge in [-0.2, -0.15) is 0 Å². The molecule has 1 fully saturated rings. The van der Waals surface area contributed by atoms with Crippen LogP contribution in [0.4, 0.5) is 5.69 Å². The average molecular weight is 338 g/mol. The van der Waals surface area contributed by atoms with Crippen LogP contribution in [0.1, 0.15) is 6.42 Å². The lowest BCUT2D eigenvalue weighted by Gasteiger charge is -2.26. The number of rotatable bonds is 4. The number of pyridine rings is 2. The Bertz CT molecular complexity index is 614. The summed E-state index contributed by atoms with van der Waals surface area (Å²) in [6.07, 6.45) is 4.46. The molecular formula is C14H16BrN3O2. The number of anilines is 1. The van der Waals surface area contributed by atoms with Crippen molar-refractivity contribution in [1.29, 1.82) is 0 Å². The molecule has 1 saturated heterocycles. The van der Waals surface area contributed by atoms with Crippen LogP contribution in [0, 0.1) is 0 Å². The van der Waals surface area contributed by atoms with E-state index in [1.54, 1.807) is 19.5 Å². The van der Waals surface area contributed by atoms with Crippen LogP contribution in [0.5, 0.6) is 0 Å². The molecule has 3 heterocycles. The first-order valence-electron chi connectivity index (χ1n) is 6.49. The number of nitrogens with one attached hydrogen (secondary N) is 1. The van der Waals surface area contributed by atoms with E-state index in [1.807, 2.05) is 12.1 Å². The van der Waals surface area contributed by atoms with Gasteiger partial charge in [0.05, 0.1) is 17.8 Å². The Balaban J connectivity index is 1.84. The van der Waals surface area contributed by atoms with Crippen molar-refractivity contribution in [3.05, 3.63) is 29.0 Å². The number of halogens is 1. The van der Waals surface area contributed by atoms with Gasteiger partial charge in [-0.1, -0.05) is 0 Å². The monoisotopic (exact) mass is 337 g/mol. The van der Waals surface area contributed by atoms with Crippen LogP contribution < -0.4 is 5.32 Å². The topological polar surface area (TPSA) is 56.3 Å². The number of nitrogens with zero attached hydrogens (tertiary/aromatic N) is 2. The van der Waals surface area contributed by atoms with Crippen LogP contribution in [0.2, 0.25) is 0 Å². The summed E-state index contributed by atoms with van der Waals surface area (Å²) in [7, 11) is 1.73. The average Bonchev–Trinajstić information content (AvgIpc) is 2.94. The first kappa shape index (κ1) is 13.7. The molecule has 2 aromatic heterocycles. The second-order valence-electron chi connectivity index (χ2n) is 4.92. The molecule has 106 valence electrons. The molecule has 1 aliphatic heterocycles. The first-order valence-corrected chi connectivity index (χ1v) is 7.29. The molecule has 1 N–H and O–H groups in total. The van der Waals surface area contributed by atoms with E-state index in [-0.39, 0.29) is 5.60 Å². The molecule has 0 aliphatic carbocycles. The van der Waals surface area contributed by atoms with Gasteiger partial charge in [-0.05, 0) is 28.1 Å². The fourth-order valence-electron chi connectivity index (χ4n) is 2.37. The van der Waals surface area contributed by atoms with Gasteiger partial charge in [0.15, 0.2) is 0 Å². The number of methoxy groups -OCH3 is 1. The van der Waals surface area contributed by atoms with Crippen molar-refractivity contribution in [1.82, 2.24) is 9.97 Å². The lowest BCUT2D eigenvalue weighted by molar-refractivity contribution is -0.00618. The highest BCUT2D eigenvalue weighted by Crippen LogP contribution is 2.26. The molecule has 0 bridgehead atoms. The Morgan fingerprint density at radius 2 is 2.40 bits per heavy atom. The SMILES string of the molecule is COC1(CNc2ccnc3cc(Br)cnc23)CCOC1. The molecule has 20 heavy (non-hydrogen) atoms. The number of hydrogen-bond donors (Lipinski definition) is 1. The number of ether oxygens (including phenoxy) is 2. The van der Waals surface area contributed by atoms with Crippen molar-refractivity contribution in [3.8, 4) is 0 Å². The van der Waals surface area contributed by atoms with Gasteiger partial charge < -0.3 is 14.8 Å². The zero-order valence-electron chi connectivity index (χ0n) is 11.2. The number of hydrogen-bond acceptors (Lipinski definition) is 5. The minimum atomic E-state index is -0.245. The Hall–Kier alpha value is -1.24. The summed E-state index contributed by atoms with van der Waals surface area (Å²) in [6, 6.07) is 3.89. The molecule has 1 unspecified atom stereocenters. The van der Waals surface area contributed by atoms with Crippen LogP contribution in [-0.4, -0.2) is 42.4 Å². The third-order valence-corrected chi connectivity index (χ3v) is 4.08. The van der Waals surface area contributed by atoms with Crippen LogP contribution in [0.25, 0.3) is 11.0 Å². The summed E-state index contributed by atoms with van der Waals surface area (Å²) in [6.45, 7) is 2.07. The summed E-state index contributed by atoms with van der Waals surface area (Å²) in [5, 5.41) is 3.42. The predicted octanol–water partition coefficient (Wildman–Crippen LogP) is 2.61. The van der Waals surface area contributed by atoms with Crippen molar-refractivity contribution >= 4 is 32.7 Å². The second kappa shape index (κ2) is 5.63. The fourth-order valence-corrected chi connectivity index (χ4v) is 2.68. The third-order valence-electron chi connectivity index (χ3n) is 3.65. The third kappa shape index (κ3) is 2.63. The van der Waals surface area contributed by atoms with Gasteiger partial charge in [-0.15, -0.1) is 0 Å². The first-order chi connectivity index (χ1) is 9.72. The quantitative estimate of drug-likeness (QED) is 0.929. The summed E-state index contributed by atoms with van der Waals surface area (Å²) < 4.78 is 12.0. The molecule has 3 rings (SSSR count). The maximum atomic E-state index is 5.62. The van der Waals surface area contributed by atoms with E-state index < -0.39 is 0 Å². The molecule has 1 aliphatic rings. The van der Waals surface area contributed by atoms with Gasteiger partial charge in [0, 0.05) is 43.5 Å². The maximum Gasteiger partial charge on any atom is 0.112 e. The van der Waals surface area contributed by atoms with E-state index in [0.29, 0.717) is 13.2 Å². The molecule has 1 atom stereocenters. The van der Waals surface area contributed by atoms with Crippen molar-refractivity contribution in [2.24, 2.45) is 0 Å². The molecule has 6 heteroatoms. The molecule has 0 aromatic carbocycles. The second-order valence-corrected chi connectivity index (χ2v) is 5.84. The molecule has 0 radical (unpaired) electrons. The van der Waals surface area contributed by atoms with Gasteiger partial charge in [0.2, 0.25) is 0 Å². The standard InChI is InChI=1S/C14H16BrN3O2/c1-19-14(3-5-20-9-14)8-18-11-2-4-16-12-6-10(15)7-17-13(11)12/h2,4,6-7H,3,5,8-9H2,1H3,(H,16,18). The Morgan fingerprint density at radius 3 is 3.15 bits per heavy atom. The molecule has 5 nitrogen and oxygen atoms in total. The molecule has 0 spiro atoms. The molecule has 0 saturated carbocycles. The maximum absolute atomic E-state index is 5.62. The lowest BCUT2D eigenvalue weighted by Crippen LogP contribution is -2.39. The van der Waals surface area contributed by atoms with Gasteiger partial charge in [-0.3, -0.25) is 9.97 Å². The summed E-state index contributed by atoms with van der Waals surface area (Å²) in [4.78, 5) is 8.76. The van der Waals surface area contributed by atoms with Gasteiger partial charge in [0.1, 0.15) is 11.1 Å². The fraction of sp³-hybridized carbons (Fsp3) is 0.429. The van der Waals surface area contributed by atoms with Crippen molar-refractivity contribution < 1.29 is 9.47 Å². The van der Waals surface area contributed by atoms with E-state index in [2.05, 4.69) is 31.2 Å². The van der Waals surface area contributed by atoms with E-state index in [9.17, 15) is 0 Å². The van der Waals surface area contributed by atoms with Crippen LogP contribution in [0.3, 0.4) is 0 Å². The highest BCUT2D eigenvalue weighted by molar-refractivity contribution is 9.10. The largest absolute Gasteiger partial charge is 0.380 e. The van der Waals surface area contributed by atoms with Crippen molar-refractivity contribution in [3.63, 3.8) is 0 Å². The Kier molecular flexibility index (Phi) is 3.87. The van der Waals surface area contributed by atoms with Crippen LogP contribution in [-0.2, 0) is 9.47 Å². The predicted molar refractivity (Wildman–Crippen MR) is 80.9 cm³/mol. The smallest absolute Gasteiger partial charge is 0.112 e. The lowest BCUT2D eigenvalue weighted by atomic mass is 10.0. The number of fused-ring (bicyclic) bond motifs is 1. The Morgan fingerprint density at radius 1 is 1.50 bits per heavy atom. The summed E-state index contributed by atoms with van der Waals surface area (Å²) >= 11 is 3.41. The highest BCUT2D eigenvalue weighted by Gasteiger charge is 2.34. The van der Waals surface area contributed by atoms with E-state index in [0.717, 1.165) is 34.2 Å². The summed E-state index contributed by atoms with van der Waals surface area (Å²) in [5.41, 5.74) is 2.44. The Labute approximate surface area is 125 Å². The van der Waals surface area contributed by atoms with Crippen LogP contribution >= 0.6 is 15.9 Å². The van der Waals surface area contributed by atoms with E-state index in [1.165, 1.54) is 0 Å². The van der Waals surface area contributed by atoms with E-state index in [4.69, 9.17) is 9.47 Å². The minimum Gasteiger partial charge on any atom is -0.380 e. The van der Waals surface area contributed by atoms with Gasteiger partial charge in [0.25, 0.3) is 0 Å². The number of aromatic nitrogens is 2. The van der Waals surface area contributed by atoms with Crippen molar-refractivity contribution in [2.75, 3.05) is 32.2 Å². The molecular weight excluding hydrogens is 322 g/mol. The molecule has 2 aromatic rings. The normalized spacial score (nSPS) is 22.3. The van der Waals surface area contributed by atoms with Crippen LogP contribution in [0.15, 0.2) is 29.0 Å². The van der Waals surface area contributed by atoms with E-state index >= 15 is 0 Å².